The number of hydrogen-bond acceptors (Lipinski definition) is 5. The fourth-order valence-corrected chi connectivity index (χ4v) is 4.43. The van der Waals surface area contributed by atoms with Crippen LogP contribution in [-0.4, -0.2) is 21.0 Å². The van der Waals surface area contributed by atoms with Crippen LogP contribution in [0.25, 0.3) is 11.0 Å². The van der Waals surface area contributed by atoms with Gasteiger partial charge in [0.05, 0.1) is 11.5 Å². The summed E-state index contributed by atoms with van der Waals surface area (Å²) in [6, 6.07) is 12.0. The van der Waals surface area contributed by atoms with E-state index < -0.39 is 16.0 Å². The lowest BCUT2D eigenvalue weighted by Gasteiger charge is -2.15. The number of carbonyl (C=O) groups is 1. The minimum atomic E-state index is -3.76. The quantitative estimate of drug-likeness (QED) is 0.574. The Morgan fingerprint density at radius 3 is 2.45 bits per heavy atom. The van der Waals surface area contributed by atoms with E-state index in [4.69, 9.17) is 9.15 Å². The molecule has 3 aromatic rings. The summed E-state index contributed by atoms with van der Waals surface area (Å²) in [7, 11) is -3.76. The summed E-state index contributed by atoms with van der Waals surface area (Å²) in [6.45, 7) is 7.53. The van der Waals surface area contributed by atoms with E-state index in [2.05, 4.69) is 11.6 Å². The van der Waals surface area contributed by atoms with E-state index in [1.54, 1.807) is 26.8 Å². The van der Waals surface area contributed by atoms with Gasteiger partial charge in [-0.25, -0.2) is 17.9 Å². The highest BCUT2D eigenvalue weighted by Crippen LogP contribution is 2.29. The van der Waals surface area contributed by atoms with Gasteiger partial charge in [-0.1, -0.05) is 31.2 Å². The second kappa shape index (κ2) is 8.39. The Morgan fingerprint density at radius 2 is 1.83 bits per heavy atom. The smallest absolute Gasteiger partial charge is 0.374 e. The van der Waals surface area contributed by atoms with Crippen LogP contribution in [0.15, 0.2) is 51.8 Å². The molecule has 0 amide bonds. The van der Waals surface area contributed by atoms with Crippen molar-refractivity contribution < 1.29 is 22.4 Å². The molecule has 0 fully saturated rings. The van der Waals surface area contributed by atoms with Crippen LogP contribution in [0.1, 0.15) is 54.1 Å². The van der Waals surface area contributed by atoms with Crippen molar-refractivity contribution in [1.29, 1.82) is 0 Å². The third-order valence-corrected chi connectivity index (χ3v) is 6.44. The van der Waals surface area contributed by atoms with Gasteiger partial charge in [0, 0.05) is 17.0 Å². The molecule has 3 rings (SSSR count). The predicted molar refractivity (Wildman–Crippen MR) is 111 cm³/mol. The number of fused-ring (bicyclic) bond motifs is 1. The van der Waals surface area contributed by atoms with E-state index >= 15 is 0 Å². The lowest BCUT2D eigenvalue weighted by atomic mass is 10.1. The topological polar surface area (TPSA) is 85.6 Å². The number of sulfonamides is 1. The molecule has 1 N–H and O–H groups in total. The molecule has 1 atom stereocenters. The molecule has 1 aromatic heterocycles. The Labute approximate surface area is 170 Å². The molecule has 0 unspecified atom stereocenters. The van der Waals surface area contributed by atoms with Crippen LogP contribution in [0, 0.1) is 6.92 Å². The van der Waals surface area contributed by atoms with E-state index in [9.17, 15) is 13.2 Å². The third kappa shape index (κ3) is 4.36. The molecule has 0 spiro atoms. The van der Waals surface area contributed by atoms with Gasteiger partial charge >= 0.3 is 5.97 Å². The maximum Gasteiger partial charge on any atom is 0.374 e. The monoisotopic (exact) mass is 415 g/mol. The van der Waals surface area contributed by atoms with Gasteiger partial charge < -0.3 is 9.15 Å². The first-order valence-electron chi connectivity index (χ1n) is 9.58. The number of hydrogen-bond donors (Lipinski definition) is 1. The minimum absolute atomic E-state index is 0.0914. The Bertz CT molecular complexity index is 1130. The fraction of sp³-hybridized carbons (Fsp3) is 0.318. The fourth-order valence-electron chi connectivity index (χ4n) is 3.17. The molecule has 7 heteroatoms. The van der Waals surface area contributed by atoms with Crippen LogP contribution in [-0.2, 0) is 21.2 Å². The van der Waals surface area contributed by atoms with Crippen molar-refractivity contribution in [3.8, 4) is 0 Å². The van der Waals surface area contributed by atoms with Crippen molar-refractivity contribution in [1.82, 2.24) is 4.72 Å². The van der Waals surface area contributed by atoms with Crippen molar-refractivity contribution in [3.63, 3.8) is 0 Å². The van der Waals surface area contributed by atoms with Gasteiger partial charge in [-0.3, -0.25) is 0 Å². The summed E-state index contributed by atoms with van der Waals surface area (Å²) >= 11 is 0. The minimum Gasteiger partial charge on any atom is -0.460 e. The van der Waals surface area contributed by atoms with Crippen LogP contribution in [0.3, 0.4) is 0 Å². The molecule has 0 aliphatic carbocycles. The maximum absolute atomic E-state index is 12.9. The van der Waals surface area contributed by atoms with Gasteiger partial charge in [0.1, 0.15) is 5.58 Å². The van der Waals surface area contributed by atoms with E-state index in [-0.39, 0.29) is 23.3 Å². The van der Waals surface area contributed by atoms with Crippen LogP contribution < -0.4 is 4.72 Å². The van der Waals surface area contributed by atoms with Gasteiger partial charge in [0.15, 0.2) is 0 Å². The molecular weight excluding hydrogens is 390 g/mol. The van der Waals surface area contributed by atoms with Gasteiger partial charge in [-0.15, -0.1) is 0 Å². The molecule has 6 nitrogen and oxygen atoms in total. The van der Waals surface area contributed by atoms with Crippen molar-refractivity contribution in [2.45, 2.75) is 45.1 Å². The highest BCUT2D eigenvalue weighted by Gasteiger charge is 2.23. The number of carbonyl (C=O) groups excluding carboxylic acids is 1. The van der Waals surface area contributed by atoms with Crippen LogP contribution in [0.4, 0.5) is 0 Å². The molecule has 0 saturated heterocycles. The molecule has 0 aliphatic heterocycles. The maximum atomic E-state index is 12.9. The zero-order valence-electron chi connectivity index (χ0n) is 17.0. The first-order chi connectivity index (χ1) is 13.8. The SMILES string of the molecule is CCOC(=O)c1oc2ccc(S(=O)(=O)N[C@@H](C)c3ccc(CC)cc3)cc2c1C. The molecule has 0 radical (unpaired) electrons. The van der Waals surface area contributed by atoms with Crippen molar-refractivity contribution >= 4 is 27.0 Å². The number of furan rings is 1. The van der Waals surface area contributed by atoms with Crippen molar-refractivity contribution in [3.05, 3.63) is 64.9 Å². The van der Waals surface area contributed by atoms with E-state index in [1.165, 1.54) is 17.7 Å². The summed E-state index contributed by atoms with van der Waals surface area (Å²) in [5.74, 6) is -0.471. The molecule has 29 heavy (non-hydrogen) atoms. The summed E-state index contributed by atoms with van der Waals surface area (Å²) < 4.78 is 39.1. The lowest BCUT2D eigenvalue weighted by molar-refractivity contribution is 0.0491. The van der Waals surface area contributed by atoms with Crippen molar-refractivity contribution in [2.75, 3.05) is 6.61 Å². The Kier molecular flexibility index (Phi) is 6.10. The second-order valence-corrected chi connectivity index (χ2v) is 8.59. The number of ether oxygens (including phenoxy) is 1. The first-order valence-corrected chi connectivity index (χ1v) is 11.1. The highest BCUT2D eigenvalue weighted by molar-refractivity contribution is 7.89. The average Bonchev–Trinajstić information content (AvgIpc) is 3.04. The largest absolute Gasteiger partial charge is 0.460 e. The Balaban J connectivity index is 1.89. The molecule has 0 saturated carbocycles. The van der Waals surface area contributed by atoms with Crippen LogP contribution in [0.2, 0.25) is 0 Å². The summed E-state index contributed by atoms with van der Waals surface area (Å²) in [4.78, 5) is 12.1. The van der Waals surface area contributed by atoms with Crippen LogP contribution >= 0.6 is 0 Å². The van der Waals surface area contributed by atoms with E-state index in [0.29, 0.717) is 16.5 Å². The number of benzene rings is 2. The first kappa shape index (κ1) is 21.1. The molecule has 2 aromatic carbocycles. The predicted octanol–water partition coefficient (Wildman–Crippen LogP) is 4.52. The van der Waals surface area contributed by atoms with E-state index in [0.717, 1.165) is 12.0 Å². The zero-order chi connectivity index (χ0) is 21.2. The number of nitrogens with one attached hydrogen (secondary N) is 1. The summed E-state index contributed by atoms with van der Waals surface area (Å²) in [5, 5.41) is 0.566. The van der Waals surface area contributed by atoms with Crippen molar-refractivity contribution in [2.24, 2.45) is 0 Å². The summed E-state index contributed by atoms with van der Waals surface area (Å²) in [6.07, 6.45) is 0.929. The zero-order valence-corrected chi connectivity index (χ0v) is 17.8. The Morgan fingerprint density at radius 1 is 1.14 bits per heavy atom. The normalized spacial score (nSPS) is 12.8. The second-order valence-electron chi connectivity index (χ2n) is 6.87. The van der Waals surface area contributed by atoms with Gasteiger partial charge in [0.25, 0.3) is 0 Å². The lowest BCUT2D eigenvalue weighted by Crippen LogP contribution is -2.26. The van der Waals surface area contributed by atoms with E-state index in [1.807, 2.05) is 24.3 Å². The average molecular weight is 416 g/mol. The van der Waals surface area contributed by atoms with Gasteiger partial charge in [0.2, 0.25) is 15.8 Å². The molecule has 0 aliphatic rings. The van der Waals surface area contributed by atoms with Gasteiger partial charge in [-0.05, 0) is 56.5 Å². The van der Waals surface area contributed by atoms with Gasteiger partial charge in [-0.2, -0.15) is 0 Å². The molecule has 0 bridgehead atoms. The molecular formula is C22H25NO5S. The standard InChI is InChI=1S/C22H25NO5S/c1-5-16-7-9-17(10-8-16)15(4)23-29(25,26)18-11-12-20-19(13-18)14(3)21(28-20)22(24)27-6-2/h7-13,15,23H,5-6H2,1-4H3/t15-/m0/s1. The number of rotatable bonds is 7. The molecule has 1 heterocycles. The summed E-state index contributed by atoms with van der Waals surface area (Å²) in [5.41, 5.74) is 3.07. The number of aryl methyl sites for hydroxylation is 2. The Hall–Kier alpha value is -2.64. The highest BCUT2D eigenvalue weighted by atomic mass is 32.2. The third-order valence-electron chi connectivity index (χ3n) is 4.90. The van der Waals surface area contributed by atoms with Crippen LogP contribution in [0.5, 0.6) is 0 Å². The molecule has 154 valence electrons. The number of esters is 1.